The van der Waals surface area contributed by atoms with Crippen LogP contribution in [0.3, 0.4) is 0 Å². The van der Waals surface area contributed by atoms with Gasteiger partial charge in [0.05, 0.1) is 17.7 Å². The van der Waals surface area contributed by atoms with Crippen LogP contribution in [-0.2, 0) is 10.0 Å². The van der Waals surface area contributed by atoms with Crippen LogP contribution in [0.1, 0.15) is 13.3 Å². The lowest BCUT2D eigenvalue weighted by Gasteiger charge is -2.14. The molecule has 0 saturated carbocycles. The molecule has 0 amide bonds. The molecule has 1 aromatic carbocycles. The van der Waals surface area contributed by atoms with Gasteiger partial charge in [-0.05, 0) is 18.6 Å². The zero-order chi connectivity index (χ0) is 14.3. The molecule has 0 heterocycles. The first-order valence-corrected chi connectivity index (χ1v) is 8.09. The van der Waals surface area contributed by atoms with Crippen LogP contribution in [0.25, 0.3) is 0 Å². The van der Waals surface area contributed by atoms with E-state index in [-0.39, 0.29) is 17.3 Å². The molecule has 1 unspecified atom stereocenters. The number of aliphatic hydroxyl groups is 1. The van der Waals surface area contributed by atoms with Crippen LogP contribution in [0.4, 0.5) is 5.69 Å². The molecule has 108 valence electrons. The van der Waals surface area contributed by atoms with Gasteiger partial charge in [0.15, 0.2) is 0 Å². The van der Waals surface area contributed by atoms with Crippen LogP contribution in [0, 0.1) is 0 Å². The zero-order valence-corrected chi connectivity index (χ0v) is 12.3. The largest absolute Gasteiger partial charge is 0.390 e. The van der Waals surface area contributed by atoms with Crippen molar-refractivity contribution in [3.63, 3.8) is 0 Å². The van der Waals surface area contributed by atoms with E-state index in [0.717, 1.165) is 6.42 Å². The smallest absolute Gasteiger partial charge is 0.242 e. The molecule has 0 aromatic heterocycles. The van der Waals surface area contributed by atoms with E-state index in [1.54, 1.807) is 18.2 Å². The molecule has 0 saturated heterocycles. The second-order valence-corrected chi connectivity index (χ2v) is 6.13. The highest BCUT2D eigenvalue weighted by Crippen LogP contribution is 2.20. The average Bonchev–Trinajstić information content (AvgIpc) is 2.42. The molecule has 0 aliphatic heterocycles. The van der Waals surface area contributed by atoms with E-state index in [2.05, 4.69) is 10.0 Å². The molecule has 5 nitrogen and oxygen atoms in total. The van der Waals surface area contributed by atoms with Gasteiger partial charge in [-0.1, -0.05) is 19.1 Å². The summed E-state index contributed by atoms with van der Waals surface area (Å²) in [6.07, 6.45) is 0.000741. The molecule has 1 atom stereocenters. The van der Waals surface area contributed by atoms with Crippen LogP contribution in [0.2, 0.25) is 0 Å². The standard InChI is InChI=1S/C12H19ClN2O3S/c1-2-7-15-19(17,18)12-6-4-3-5-11(12)14-9-10(16)8-13/h3-6,10,14-16H,2,7-9H2,1H3. The molecule has 0 spiro atoms. The fraction of sp³-hybridized carbons (Fsp3) is 0.500. The third-order valence-electron chi connectivity index (χ3n) is 2.42. The second kappa shape index (κ2) is 7.69. The molecule has 0 bridgehead atoms. The number of rotatable bonds is 8. The quantitative estimate of drug-likeness (QED) is 0.634. The first-order valence-electron chi connectivity index (χ1n) is 6.08. The third-order valence-corrected chi connectivity index (χ3v) is 4.30. The normalized spacial score (nSPS) is 13.2. The fourth-order valence-corrected chi connectivity index (χ4v) is 2.87. The summed E-state index contributed by atoms with van der Waals surface area (Å²) in [4.78, 5) is 0.172. The Kier molecular flexibility index (Phi) is 6.57. The molecule has 0 radical (unpaired) electrons. The molecule has 19 heavy (non-hydrogen) atoms. The number of halogens is 1. The summed E-state index contributed by atoms with van der Waals surface area (Å²) in [6.45, 7) is 2.48. The number of anilines is 1. The van der Waals surface area contributed by atoms with E-state index in [4.69, 9.17) is 11.6 Å². The van der Waals surface area contributed by atoms with E-state index < -0.39 is 16.1 Å². The third kappa shape index (κ3) is 4.99. The zero-order valence-electron chi connectivity index (χ0n) is 10.8. The van der Waals surface area contributed by atoms with Gasteiger partial charge in [-0.25, -0.2) is 13.1 Å². The highest BCUT2D eigenvalue weighted by atomic mass is 35.5. The van der Waals surface area contributed by atoms with E-state index in [0.29, 0.717) is 12.2 Å². The van der Waals surface area contributed by atoms with Crippen LogP contribution in [-0.4, -0.2) is 38.6 Å². The Hall–Kier alpha value is -0.820. The monoisotopic (exact) mass is 306 g/mol. The van der Waals surface area contributed by atoms with E-state index >= 15 is 0 Å². The van der Waals surface area contributed by atoms with Crippen molar-refractivity contribution in [3.8, 4) is 0 Å². The molecule has 7 heteroatoms. The number of sulfonamides is 1. The second-order valence-electron chi connectivity index (χ2n) is 4.08. The Bertz CT molecular complexity index is 494. The van der Waals surface area contributed by atoms with Crippen molar-refractivity contribution in [2.24, 2.45) is 0 Å². The first-order chi connectivity index (χ1) is 9.01. The lowest BCUT2D eigenvalue weighted by molar-refractivity contribution is 0.211. The number of para-hydroxylation sites is 1. The minimum atomic E-state index is -3.53. The number of aliphatic hydroxyl groups excluding tert-OH is 1. The van der Waals surface area contributed by atoms with Crippen molar-refractivity contribution in [3.05, 3.63) is 24.3 Å². The maximum absolute atomic E-state index is 12.1. The predicted octanol–water partition coefficient (Wildman–Crippen LogP) is 1.39. The Labute approximate surface area is 119 Å². The van der Waals surface area contributed by atoms with E-state index in [1.165, 1.54) is 6.07 Å². The number of hydrogen-bond acceptors (Lipinski definition) is 4. The Balaban J connectivity index is 2.89. The van der Waals surface area contributed by atoms with Gasteiger partial charge < -0.3 is 10.4 Å². The number of hydrogen-bond donors (Lipinski definition) is 3. The Morgan fingerprint density at radius 3 is 2.68 bits per heavy atom. The van der Waals surface area contributed by atoms with Crippen LogP contribution >= 0.6 is 11.6 Å². The Morgan fingerprint density at radius 1 is 1.37 bits per heavy atom. The highest BCUT2D eigenvalue weighted by molar-refractivity contribution is 7.89. The molecular weight excluding hydrogens is 288 g/mol. The van der Waals surface area contributed by atoms with Gasteiger partial charge in [0.1, 0.15) is 4.90 Å². The van der Waals surface area contributed by atoms with Crippen molar-refractivity contribution >= 4 is 27.3 Å². The maximum atomic E-state index is 12.1. The van der Waals surface area contributed by atoms with Gasteiger partial charge in [-0.15, -0.1) is 11.6 Å². The number of alkyl halides is 1. The van der Waals surface area contributed by atoms with Gasteiger partial charge in [0.2, 0.25) is 10.0 Å². The molecule has 1 rings (SSSR count). The summed E-state index contributed by atoms with van der Waals surface area (Å²) in [7, 11) is -3.53. The first kappa shape index (κ1) is 16.2. The predicted molar refractivity (Wildman–Crippen MR) is 77.1 cm³/mol. The summed E-state index contributed by atoms with van der Waals surface area (Å²) in [6, 6.07) is 6.56. The molecule has 0 aliphatic carbocycles. The van der Waals surface area contributed by atoms with Gasteiger partial charge in [-0.3, -0.25) is 0 Å². The lowest BCUT2D eigenvalue weighted by Crippen LogP contribution is -2.26. The molecule has 0 aliphatic rings. The van der Waals surface area contributed by atoms with Gasteiger partial charge >= 0.3 is 0 Å². The van der Waals surface area contributed by atoms with Crippen LogP contribution in [0.15, 0.2) is 29.2 Å². The minimum Gasteiger partial charge on any atom is -0.390 e. The lowest BCUT2D eigenvalue weighted by atomic mass is 10.3. The minimum absolute atomic E-state index is 0.0933. The average molecular weight is 307 g/mol. The summed E-state index contributed by atoms with van der Waals surface area (Å²) in [5.41, 5.74) is 0.454. The van der Waals surface area contributed by atoms with Gasteiger partial charge in [0.25, 0.3) is 0 Å². The van der Waals surface area contributed by atoms with Crippen molar-refractivity contribution in [2.75, 3.05) is 24.3 Å². The van der Waals surface area contributed by atoms with Crippen molar-refractivity contribution in [2.45, 2.75) is 24.3 Å². The fourth-order valence-electron chi connectivity index (χ4n) is 1.44. The van der Waals surface area contributed by atoms with Crippen molar-refractivity contribution in [1.82, 2.24) is 4.72 Å². The molecule has 1 aromatic rings. The van der Waals surface area contributed by atoms with Gasteiger partial charge in [0, 0.05) is 13.1 Å². The molecular formula is C12H19ClN2O3S. The van der Waals surface area contributed by atoms with E-state index in [9.17, 15) is 13.5 Å². The summed E-state index contributed by atoms with van der Waals surface area (Å²) < 4.78 is 26.7. The van der Waals surface area contributed by atoms with Crippen molar-refractivity contribution in [1.29, 1.82) is 0 Å². The van der Waals surface area contributed by atoms with Crippen LogP contribution < -0.4 is 10.0 Å². The number of nitrogens with one attached hydrogen (secondary N) is 2. The molecule has 0 fully saturated rings. The Morgan fingerprint density at radius 2 is 2.05 bits per heavy atom. The SMILES string of the molecule is CCCNS(=O)(=O)c1ccccc1NCC(O)CCl. The number of benzene rings is 1. The maximum Gasteiger partial charge on any atom is 0.242 e. The van der Waals surface area contributed by atoms with E-state index in [1.807, 2.05) is 6.92 Å². The summed E-state index contributed by atoms with van der Waals surface area (Å²) in [5.74, 6) is 0.0933. The highest BCUT2D eigenvalue weighted by Gasteiger charge is 2.17. The van der Waals surface area contributed by atoms with Gasteiger partial charge in [-0.2, -0.15) is 0 Å². The summed E-state index contributed by atoms with van der Waals surface area (Å²) >= 11 is 5.50. The summed E-state index contributed by atoms with van der Waals surface area (Å²) in [5, 5.41) is 12.3. The topological polar surface area (TPSA) is 78.4 Å². The van der Waals surface area contributed by atoms with Crippen molar-refractivity contribution < 1.29 is 13.5 Å². The van der Waals surface area contributed by atoms with Crippen LogP contribution in [0.5, 0.6) is 0 Å². The molecule has 3 N–H and O–H groups in total.